The Labute approximate surface area is 121 Å². The highest BCUT2D eigenvalue weighted by molar-refractivity contribution is 5.73. The largest absolute Gasteiger partial charge is 0.504 e. The predicted molar refractivity (Wildman–Crippen MR) is 75.2 cm³/mol. The Balaban J connectivity index is 2.03. The molecule has 21 heavy (non-hydrogen) atoms. The Morgan fingerprint density at radius 3 is 2.95 bits per heavy atom. The lowest BCUT2D eigenvalue weighted by molar-refractivity contribution is -0.139. The first-order valence-electron chi connectivity index (χ1n) is 6.40. The number of aliphatic carboxylic acids is 1. The Morgan fingerprint density at radius 2 is 2.33 bits per heavy atom. The quantitative estimate of drug-likeness (QED) is 0.604. The van der Waals surface area contributed by atoms with Crippen molar-refractivity contribution in [1.29, 1.82) is 0 Å². The summed E-state index contributed by atoms with van der Waals surface area (Å²) >= 11 is 0. The van der Waals surface area contributed by atoms with Crippen molar-refractivity contribution in [3.8, 4) is 11.5 Å². The molecule has 112 valence electrons. The fourth-order valence-electron chi connectivity index (χ4n) is 1.97. The van der Waals surface area contributed by atoms with Gasteiger partial charge in [-0.3, -0.25) is 10.1 Å². The highest BCUT2D eigenvalue weighted by Gasteiger charge is 2.19. The molecule has 1 heterocycles. The number of aromatic amines is 1. The summed E-state index contributed by atoms with van der Waals surface area (Å²) < 4.78 is 5.02. The second-order valence-corrected chi connectivity index (χ2v) is 4.52. The van der Waals surface area contributed by atoms with Crippen molar-refractivity contribution in [2.45, 2.75) is 19.0 Å². The lowest BCUT2D eigenvalue weighted by Crippen LogP contribution is -2.38. The molecule has 0 spiro atoms. The number of phenolic OH excluding ortho intramolecular Hbond substituents is 1. The minimum Gasteiger partial charge on any atom is -0.504 e. The van der Waals surface area contributed by atoms with Crippen LogP contribution in [-0.2, 0) is 17.8 Å². The molecule has 4 N–H and O–H groups in total. The van der Waals surface area contributed by atoms with Gasteiger partial charge in [0.05, 0.1) is 13.4 Å². The zero-order valence-corrected chi connectivity index (χ0v) is 11.5. The van der Waals surface area contributed by atoms with E-state index < -0.39 is 12.0 Å². The van der Waals surface area contributed by atoms with E-state index in [0.717, 1.165) is 5.69 Å². The van der Waals surface area contributed by atoms with Crippen LogP contribution in [-0.4, -0.2) is 39.3 Å². The predicted octanol–water partition coefficient (Wildman–Crippen LogP) is 0.909. The van der Waals surface area contributed by atoms with Gasteiger partial charge in [-0.1, -0.05) is 12.1 Å². The van der Waals surface area contributed by atoms with E-state index in [1.54, 1.807) is 24.4 Å². The van der Waals surface area contributed by atoms with Gasteiger partial charge in [-0.05, 0) is 6.07 Å². The zero-order valence-electron chi connectivity index (χ0n) is 11.5. The lowest BCUT2D eigenvalue weighted by atomic mass is 10.1. The number of aromatic nitrogens is 2. The molecule has 2 aromatic rings. The minimum absolute atomic E-state index is 0.0122. The molecule has 0 bridgehead atoms. The van der Waals surface area contributed by atoms with E-state index in [-0.39, 0.29) is 18.7 Å². The third-order valence-electron chi connectivity index (χ3n) is 3.12. The summed E-state index contributed by atoms with van der Waals surface area (Å²) in [6.07, 6.45) is 3.36. The van der Waals surface area contributed by atoms with E-state index in [9.17, 15) is 15.0 Å². The number of methoxy groups -OCH3 is 1. The van der Waals surface area contributed by atoms with Crippen molar-refractivity contribution in [1.82, 2.24) is 15.3 Å². The van der Waals surface area contributed by atoms with Crippen LogP contribution in [0, 0.1) is 0 Å². The number of ether oxygens (including phenoxy) is 1. The first-order chi connectivity index (χ1) is 10.1. The number of hydrogen-bond donors (Lipinski definition) is 4. The molecule has 0 aliphatic rings. The lowest BCUT2D eigenvalue weighted by Gasteiger charge is -2.15. The molecule has 0 aliphatic heterocycles. The number of nitrogens with zero attached hydrogens (tertiary/aromatic N) is 1. The number of nitrogens with one attached hydrogen (secondary N) is 2. The minimum atomic E-state index is -0.966. The van der Waals surface area contributed by atoms with Gasteiger partial charge >= 0.3 is 5.97 Å². The number of hydrogen-bond acceptors (Lipinski definition) is 5. The maximum absolute atomic E-state index is 11.3. The Kier molecular flexibility index (Phi) is 4.78. The van der Waals surface area contributed by atoms with Crippen LogP contribution in [0.25, 0.3) is 0 Å². The van der Waals surface area contributed by atoms with Crippen molar-refractivity contribution in [2.24, 2.45) is 0 Å². The monoisotopic (exact) mass is 291 g/mol. The number of aromatic hydroxyl groups is 1. The second kappa shape index (κ2) is 6.76. The molecule has 0 fully saturated rings. The number of imidazole rings is 1. The fourth-order valence-corrected chi connectivity index (χ4v) is 1.97. The van der Waals surface area contributed by atoms with Crippen molar-refractivity contribution in [3.05, 3.63) is 42.0 Å². The average Bonchev–Trinajstić information content (AvgIpc) is 2.97. The van der Waals surface area contributed by atoms with E-state index in [0.29, 0.717) is 11.3 Å². The molecule has 0 saturated heterocycles. The van der Waals surface area contributed by atoms with Gasteiger partial charge in [-0.15, -0.1) is 0 Å². The first-order valence-corrected chi connectivity index (χ1v) is 6.40. The number of benzene rings is 1. The van der Waals surface area contributed by atoms with Crippen molar-refractivity contribution in [3.63, 3.8) is 0 Å². The molecule has 0 saturated carbocycles. The number of carbonyl (C=O) groups is 1. The van der Waals surface area contributed by atoms with Gasteiger partial charge in [0.15, 0.2) is 11.5 Å². The van der Waals surface area contributed by atoms with Crippen LogP contribution in [0.5, 0.6) is 11.5 Å². The van der Waals surface area contributed by atoms with Crippen LogP contribution in [0.3, 0.4) is 0 Å². The zero-order chi connectivity index (χ0) is 15.2. The van der Waals surface area contributed by atoms with Crippen LogP contribution < -0.4 is 10.1 Å². The molecule has 0 radical (unpaired) electrons. The van der Waals surface area contributed by atoms with E-state index in [1.807, 2.05) is 0 Å². The molecule has 1 aromatic carbocycles. The summed E-state index contributed by atoms with van der Waals surface area (Å²) in [5, 5.41) is 22.1. The second-order valence-electron chi connectivity index (χ2n) is 4.52. The molecule has 0 aliphatic carbocycles. The summed E-state index contributed by atoms with van der Waals surface area (Å²) in [6.45, 7) is 0.216. The maximum atomic E-state index is 11.3. The standard InChI is InChI=1S/C14H17N3O4/c1-21-12-4-2-3-9(13(12)18)6-16-11(14(19)20)5-10-7-15-8-17-10/h2-4,7-8,11,16,18H,5-6H2,1H3,(H,15,17)(H,19,20)/t11-/m0/s1. The van der Waals surface area contributed by atoms with Gasteiger partial charge in [0.1, 0.15) is 6.04 Å². The first kappa shape index (κ1) is 14.9. The number of rotatable bonds is 7. The number of para-hydroxylation sites is 1. The van der Waals surface area contributed by atoms with Crippen LogP contribution in [0.15, 0.2) is 30.7 Å². The Hall–Kier alpha value is -2.54. The normalized spacial score (nSPS) is 12.0. The Morgan fingerprint density at radius 1 is 1.52 bits per heavy atom. The van der Waals surface area contributed by atoms with Gasteiger partial charge in [-0.2, -0.15) is 0 Å². The molecular weight excluding hydrogens is 274 g/mol. The van der Waals surface area contributed by atoms with Gasteiger partial charge in [0.2, 0.25) is 0 Å². The molecule has 7 heteroatoms. The summed E-state index contributed by atoms with van der Waals surface area (Å²) in [4.78, 5) is 18.0. The van der Waals surface area contributed by atoms with Crippen LogP contribution in [0.2, 0.25) is 0 Å². The van der Waals surface area contributed by atoms with Gasteiger partial charge < -0.3 is 19.9 Å². The number of phenols is 1. The van der Waals surface area contributed by atoms with E-state index in [1.165, 1.54) is 13.4 Å². The maximum Gasteiger partial charge on any atom is 0.321 e. The summed E-state index contributed by atoms with van der Waals surface area (Å²) in [7, 11) is 1.46. The van der Waals surface area contributed by atoms with Crippen molar-refractivity contribution >= 4 is 5.97 Å². The third-order valence-corrected chi connectivity index (χ3v) is 3.12. The molecule has 2 rings (SSSR count). The van der Waals surface area contributed by atoms with Crippen molar-refractivity contribution in [2.75, 3.05) is 7.11 Å². The summed E-state index contributed by atoms with van der Waals surface area (Å²) in [6, 6.07) is 4.30. The van der Waals surface area contributed by atoms with E-state index in [4.69, 9.17) is 4.74 Å². The highest BCUT2D eigenvalue weighted by Crippen LogP contribution is 2.29. The molecular formula is C14H17N3O4. The van der Waals surface area contributed by atoms with Gasteiger partial charge in [-0.25, -0.2) is 4.98 Å². The number of carboxylic acid groups (broad SMARTS) is 1. The summed E-state index contributed by atoms with van der Waals surface area (Å²) in [5.41, 5.74) is 1.30. The van der Waals surface area contributed by atoms with Gasteiger partial charge in [0.25, 0.3) is 0 Å². The number of carboxylic acids is 1. The van der Waals surface area contributed by atoms with Crippen molar-refractivity contribution < 1.29 is 19.7 Å². The average molecular weight is 291 g/mol. The topological polar surface area (TPSA) is 107 Å². The Bertz CT molecular complexity index is 598. The smallest absolute Gasteiger partial charge is 0.321 e. The van der Waals surface area contributed by atoms with Crippen LogP contribution in [0.4, 0.5) is 0 Å². The van der Waals surface area contributed by atoms with E-state index >= 15 is 0 Å². The third kappa shape index (κ3) is 3.73. The molecule has 0 amide bonds. The fraction of sp³-hybridized carbons (Fsp3) is 0.286. The van der Waals surface area contributed by atoms with Crippen LogP contribution >= 0.6 is 0 Å². The number of H-pyrrole nitrogens is 1. The molecule has 0 unspecified atom stereocenters. The van der Waals surface area contributed by atoms with Crippen LogP contribution in [0.1, 0.15) is 11.3 Å². The molecule has 7 nitrogen and oxygen atoms in total. The highest BCUT2D eigenvalue weighted by atomic mass is 16.5. The van der Waals surface area contributed by atoms with Gasteiger partial charge in [0, 0.05) is 30.4 Å². The molecule has 1 atom stereocenters. The SMILES string of the molecule is COc1cccc(CN[C@@H](Cc2cnc[nH]2)C(=O)O)c1O. The van der Waals surface area contributed by atoms with E-state index in [2.05, 4.69) is 15.3 Å². The summed E-state index contributed by atoms with van der Waals surface area (Å²) in [5.74, 6) is -0.597. The molecule has 1 aromatic heterocycles.